The van der Waals surface area contributed by atoms with Crippen LogP contribution in [0, 0.1) is 0 Å². The first kappa shape index (κ1) is 11.6. The zero-order valence-corrected chi connectivity index (χ0v) is 8.47. The molecule has 1 heterocycles. The van der Waals surface area contributed by atoms with Crippen LogP contribution in [0.1, 0.15) is 12.6 Å². The maximum Gasteiger partial charge on any atom is 0.329 e. The van der Waals surface area contributed by atoms with Crippen LogP contribution in [0.15, 0.2) is 24.4 Å². The lowest BCUT2D eigenvalue weighted by Crippen LogP contribution is -2.48. The molecule has 3 N–H and O–H groups in total. The second-order valence-electron chi connectivity index (χ2n) is 3.30. The van der Waals surface area contributed by atoms with E-state index in [9.17, 15) is 4.79 Å². The third-order valence-electron chi connectivity index (χ3n) is 2.20. The molecule has 0 aliphatic rings. The van der Waals surface area contributed by atoms with Crippen molar-refractivity contribution < 1.29 is 15.0 Å². The number of carbonyl (C=O) groups is 1. The van der Waals surface area contributed by atoms with Crippen molar-refractivity contribution >= 4 is 5.97 Å². The molecule has 0 saturated carbocycles. The van der Waals surface area contributed by atoms with E-state index in [0.717, 1.165) is 0 Å². The van der Waals surface area contributed by atoms with Crippen LogP contribution >= 0.6 is 0 Å². The Balaban J connectivity index is 2.96. The summed E-state index contributed by atoms with van der Waals surface area (Å²) in [7, 11) is 0. The van der Waals surface area contributed by atoms with Crippen molar-refractivity contribution in [2.45, 2.75) is 12.5 Å². The summed E-state index contributed by atoms with van der Waals surface area (Å²) in [6.45, 7) is 1.61. The number of hydrogen-bond donors (Lipinski definition) is 3. The fraction of sp³-hybridized carbons (Fsp3) is 0.400. The van der Waals surface area contributed by atoms with E-state index in [0.29, 0.717) is 5.69 Å². The molecule has 1 atom stereocenters. The van der Waals surface area contributed by atoms with Gasteiger partial charge in [0.25, 0.3) is 0 Å². The Morgan fingerprint density at radius 2 is 2.33 bits per heavy atom. The van der Waals surface area contributed by atoms with Gasteiger partial charge < -0.3 is 10.2 Å². The Labute approximate surface area is 87.8 Å². The zero-order valence-electron chi connectivity index (χ0n) is 8.47. The molecule has 1 rings (SSSR count). The van der Waals surface area contributed by atoms with E-state index >= 15 is 0 Å². The summed E-state index contributed by atoms with van der Waals surface area (Å²) in [6, 6.07) is 5.08. The summed E-state index contributed by atoms with van der Waals surface area (Å²) in [5.74, 6) is -1.02. The Morgan fingerprint density at radius 1 is 1.60 bits per heavy atom. The minimum Gasteiger partial charge on any atom is -0.480 e. The molecule has 1 unspecified atom stereocenters. The molecule has 0 aliphatic carbocycles. The average Bonchev–Trinajstić information content (AvgIpc) is 2.27. The number of pyridine rings is 1. The van der Waals surface area contributed by atoms with Gasteiger partial charge in [0.05, 0.1) is 12.3 Å². The molecule has 0 bridgehead atoms. The van der Waals surface area contributed by atoms with Crippen LogP contribution in [0.4, 0.5) is 0 Å². The second-order valence-corrected chi connectivity index (χ2v) is 3.30. The predicted molar refractivity (Wildman–Crippen MR) is 54.3 cm³/mol. The number of rotatable bonds is 5. The summed E-state index contributed by atoms with van der Waals surface area (Å²) < 4.78 is 0. The van der Waals surface area contributed by atoms with Crippen LogP contribution in [-0.2, 0) is 10.3 Å². The SMILES string of the molecule is CC(NCCO)(C(=O)O)c1ccccn1. The quantitative estimate of drug-likeness (QED) is 0.635. The van der Waals surface area contributed by atoms with Crippen LogP contribution in [0.25, 0.3) is 0 Å². The number of carboxylic acid groups (broad SMARTS) is 1. The van der Waals surface area contributed by atoms with E-state index < -0.39 is 11.5 Å². The van der Waals surface area contributed by atoms with Gasteiger partial charge in [0.1, 0.15) is 0 Å². The van der Waals surface area contributed by atoms with E-state index in [2.05, 4.69) is 10.3 Å². The van der Waals surface area contributed by atoms with Gasteiger partial charge in [0.2, 0.25) is 0 Å². The maximum absolute atomic E-state index is 11.1. The summed E-state index contributed by atoms with van der Waals surface area (Å²) >= 11 is 0. The fourth-order valence-electron chi connectivity index (χ4n) is 1.24. The van der Waals surface area contributed by atoms with Crippen LogP contribution < -0.4 is 5.32 Å². The van der Waals surface area contributed by atoms with Crippen molar-refractivity contribution in [2.24, 2.45) is 0 Å². The number of carboxylic acids is 1. The highest BCUT2D eigenvalue weighted by Crippen LogP contribution is 2.17. The molecule has 82 valence electrons. The number of aliphatic hydroxyl groups is 1. The van der Waals surface area contributed by atoms with E-state index in [4.69, 9.17) is 10.2 Å². The monoisotopic (exact) mass is 210 g/mol. The van der Waals surface area contributed by atoms with Crippen molar-refractivity contribution in [3.05, 3.63) is 30.1 Å². The van der Waals surface area contributed by atoms with Gasteiger partial charge in [0, 0.05) is 12.7 Å². The molecule has 0 amide bonds. The van der Waals surface area contributed by atoms with Crippen molar-refractivity contribution in [2.75, 3.05) is 13.2 Å². The normalized spacial score (nSPS) is 14.5. The first-order valence-corrected chi connectivity index (χ1v) is 4.62. The average molecular weight is 210 g/mol. The summed E-state index contributed by atoms with van der Waals surface area (Å²) in [6.07, 6.45) is 1.54. The minimum atomic E-state index is -1.26. The van der Waals surface area contributed by atoms with Gasteiger partial charge in [-0.2, -0.15) is 0 Å². The van der Waals surface area contributed by atoms with Gasteiger partial charge in [-0.05, 0) is 19.1 Å². The lowest BCUT2D eigenvalue weighted by atomic mass is 9.97. The van der Waals surface area contributed by atoms with Crippen molar-refractivity contribution in [1.82, 2.24) is 10.3 Å². The number of aliphatic carboxylic acids is 1. The lowest BCUT2D eigenvalue weighted by molar-refractivity contribution is -0.144. The van der Waals surface area contributed by atoms with Crippen molar-refractivity contribution in [3.8, 4) is 0 Å². The molecule has 0 spiro atoms. The zero-order chi connectivity index (χ0) is 11.3. The largest absolute Gasteiger partial charge is 0.480 e. The fourth-order valence-corrected chi connectivity index (χ4v) is 1.24. The first-order chi connectivity index (χ1) is 7.11. The van der Waals surface area contributed by atoms with E-state index in [1.807, 2.05) is 0 Å². The molecule has 1 aromatic heterocycles. The molecular formula is C10H14N2O3. The van der Waals surface area contributed by atoms with E-state index in [1.165, 1.54) is 13.1 Å². The molecule has 0 aromatic carbocycles. The highest BCUT2D eigenvalue weighted by Gasteiger charge is 2.35. The van der Waals surface area contributed by atoms with Gasteiger partial charge >= 0.3 is 5.97 Å². The van der Waals surface area contributed by atoms with Gasteiger partial charge in [-0.25, -0.2) is 4.79 Å². The highest BCUT2D eigenvalue weighted by molar-refractivity contribution is 5.79. The lowest BCUT2D eigenvalue weighted by Gasteiger charge is -2.25. The molecule has 0 aliphatic heterocycles. The molecule has 5 heteroatoms. The standard InChI is InChI=1S/C10H14N2O3/c1-10(9(14)15,12-6-7-13)8-4-2-3-5-11-8/h2-5,12-13H,6-7H2,1H3,(H,14,15). The van der Waals surface area contributed by atoms with E-state index in [-0.39, 0.29) is 13.2 Å². The van der Waals surface area contributed by atoms with Crippen LogP contribution in [-0.4, -0.2) is 34.3 Å². The number of aliphatic hydroxyl groups excluding tert-OH is 1. The molecule has 5 nitrogen and oxygen atoms in total. The molecular weight excluding hydrogens is 196 g/mol. The van der Waals surface area contributed by atoms with Crippen LogP contribution in [0.2, 0.25) is 0 Å². The minimum absolute atomic E-state index is 0.115. The number of nitrogens with one attached hydrogen (secondary N) is 1. The Kier molecular flexibility index (Phi) is 3.76. The second kappa shape index (κ2) is 4.86. The Morgan fingerprint density at radius 3 is 2.80 bits per heavy atom. The third-order valence-corrected chi connectivity index (χ3v) is 2.20. The predicted octanol–water partition coefficient (Wildman–Crippen LogP) is -0.0367. The van der Waals surface area contributed by atoms with Crippen LogP contribution in [0.5, 0.6) is 0 Å². The summed E-state index contributed by atoms with van der Waals surface area (Å²) in [4.78, 5) is 15.1. The highest BCUT2D eigenvalue weighted by atomic mass is 16.4. The Bertz CT molecular complexity index is 329. The number of aromatic nitrogens is 1. The summed E-state index contributed by atoms with van der Waals surface area (Å²) in [5.41, 5.74) is -0.838. The molecule has 15 heavy (non-hydrogen) atoms. The first-order valence-electron chi connectivity index (χ1n) is 4.62. The van der Waals surface area contributed by atoms with Crippen molar-refractivity contribution in [1.29, 1.82) is 0 Å². The molecule has 1 aromatic rings. The number of hydrogen-bond acceptors (Lipinski definition) is 4. The Hall–Kier alpha value is -1.46. The maximum atomic E-state index is 11.1. The molecule has 0 saturated heterocycles. The summed E-state index contributed by atoms with van der Waals surface area (Å²) in [5, 5.41) is 20.6. The van der Waals surface area contributed by atoms with Crippen molar-refractivity contribution in [3.63, 3.8) is 0 Å². The topological polar surface area (TPSA) is 82.5 Å². The van der Waals surface area contributed by atoms with Gasteiger partial charge in [-0.15, -0.1) is 0 Å². The van der Waals surface area contributed by atoms with Gasteiger partial charge in [-0.1, -0.05) is 6.07 Å². The third kappa shape index (κ3) is 2.51. The van der Waals surface area contributed by atoms with E-state index in [1.54, 1.807) is 18.2 Å². The van der Waals surface area contributed by atoms with Crippen LogP contribution in [0.3, 0.4) is 0 Å². The smallest absolute Gasteiger partial charge is 0.329 e. The number of nitrogens with zero attached hydrogens (tertiary/aromatic N) is 1. The van der Waals surface area contributed by atoms with Gasteiger partial charge in [-0.3, -0.25) is 10.3 Å². The molecule has 0 radical (unpaired) electrons. The molecule has 0 fully saturated rings. The van der Waals surface area contributed by atoms with Gasteiger partial charge in [0.15, 0.2) is 5.54 Å².